The Labute approximate surface area is 118 Å². The quantitative estimate of drug-likeness (QED) is 0.601. The van der Waals surface area contributed by atoms with Crippen LogP contribution < -0.4 is 10.5 Å². The first-order valence-electron chi connectivity index (χ1n) is 6.48. The summed E-state index contributed by atoms with van der Waals surface area (Å²) in [4.78, 5) is -0.625. The minimum absolute atomic E-state index is 0.214. The van der Waals surface area contributed by atoms with E-state index in [2.05, 4.69) is 18.6 Å². The van der Waals surface area contributed by atoms with Crippen LogP contribution in [0.15, 0.2) is 17.0 Å². The molecule has 0 aliphatic carbocycles. The maximum absolute atomic E-state index is 13.5. The molecule has 1 aromatic rings. The van der Waals surface area contributed by atoms with E-state index in [1.165, 1.54) is 0 Å². The lowest BCUT2D eigenvalue weighted by atomic mass is 10.1. The summed E-state index contributed by atoms with van der Waals surface area (Å²) in [5, 5.41) is 0. The number of anilines is 1. The fraction of sp³-hybridized carbons (Fsp3) is 0.538. The maximum Gasteiger partial charge on any atom is 0.243 e. The summed E-state index contributed by atoms with van der Waals surface area (Å²) in [6, 6.07) is 1.27. The van der Waals surface area contributed by atoms with Crippen LogP contribution in [0.5, 0.6) is 0 Å². The van der Waals surface area contributed by atoms with Crippen LogP contribution in [0.25, 0.3) is 0 Å². The highest BCUT2D eigenvalue weighted by Gasteiger charge is 2.20. The van der Waals surface area contributed by atoms with Crippen molar-refractivity contribution in [1.29, 1.82) is 0 Å². The lowest BCUT2D eigenvalue weighted by molar-refractivity contribution is 0.525. The van der Waals surface area contributed by atoms with Crippen LogP contribution in [0.1, 0.15) is 33.1 Å². The van der Waals surface area contributed by atoms with Gasteiger partial charge in [0.15, 0.2) is 0 Å². The second kappa shape index (κ2) is 6.99. The van der Waals surface area contributed by atoms with E-state index in [1.54, 1.807) is 0 Å². The number of nitrogen functional groups attached to an aromatic ring is 1. The molecule has 20 heavy (non-hydrogen) atoms. The molecule has 0 atom stereocenters. The average Bonchev–Trinajstić information content (AvgIpc) is 2.32. The van der Waals surface area contributed by atoms with E-state index in [-0.39, 0.29) is 6.54 Å². The molecular weight excluding hydrogens is 286 g/mol. The van der Waals surface area contributed by atoms with Gasteiger partial charge in [0.25, 0.3) is 0 Å². The first-order chi connectivity index (χ1) is 9.24. The lowest BCUT2D eigenvalue weighted by Crippen LogP contribution is -2.26. The van der Waals surface area contributed by atoms with Crippen LogP contribution in [-0.4, -0.2) is 15.0 Å². The molecule has 0 radical (unpaired) electrons. The first kappa shape index (κ1) is 16.8. The molecule has 0 heterocycles. The number of hydrogen-bond donors (Lipinski definition) is 2. The molecule has 0 aliphatic rings. The summed E-state index contributed by atoms with van der Waals surface area (Å²) >= 11 is 0. The molecule has 0 spiro atoms. The number of rotatable bonds is 7. The van der Waals surface area contributed by atoms with Gasteiger partial charge < -0.3 is 5.73 Å². The van der Waals surface area contributed by atoms with Gasteiger partial charge >= 0.3 is 0 Å². The van der Waals surface area contributed by atoms with Crippen LogP contribution in [0.2, 0.25) is 0 Å². The van der Waals surface area contributed by atoms with E-state index in [0.717, 1.165) is 18.9 Å². The molecular formula is C13H20F2N2O2S. The van der Waals surface area contributed by atoms with Crippen molar-refractivity contribution < 1.29 is 17.2 Å². The van der Waals surface area contributed by atoms with Crippen molar-refractivity contribution in [2.75, 3.05) is 12.3 Å². The number of hydrogen-bond acceptors (Lipinski definition) is 3. The van der Waals surface area contributed by atoms with Crippen LogP contribution in [0.3, 0.4) is 0 Å². The zero-order valence-corrected chi connectivity index (χ0v) is 12.4. The molecule has 4 nitrogen and oxygen atoms in total. The van der Waals surface area contributed by atoms with Gasteiger partial charge in [-0.25, -0.2) is 21.9 Å². The van der Waals surface area contributed by atoms with Crippen molar-refractivity contribution in [2.24, 2.45) is 5.92 Å². The van der Waals surface area contributed by atoms with Gasteiger partial charge in [0.05, 0.1) is 5.69 Å². The molecule has 0 amide bonds. The van der Waals surface area contributed by atoms with E-state index in [0.29, 0.717) is 18.4 Å². The summed E-state index contributed by atoms with van der Waals surface area (Å²) < 4.78 is 52.5. The van der Waals surface area contributed by atoms with Crippen molar-refractivity contribution in [3.05, 3.63) is 23.8 Å². The Bertz CT molecular complexity index is 560. The van der Waals surface area contributed by atoms with Crippen molar-refractivity contribution in [2.45, 2.75) is 38.0 Å². The lowest BCUT2D eigenvalue weighted by Gasteiger charge is -2.09. The summed E-state index contributed by atoms with van der Waals surface area (Å²) in [7, 11) is -4.00. The van der Waals surface area contributed by atoms with Gasteiger partial charge in [-0.05, 0) is 18.4 Å². The van der Waals surface area contributed by atoms with E-state index in [1.807, 2.05) is 0 Å². The van der Waals surface area contributed by atoms with Crippen molar-refractivity contribution in [3.8, 4) is 0 Å². The van der Waals surface area contributed by atoms with E-state index >= 15 is 0 Å². The van der Waals surface area contributed by atoms with E-state index in [9.17, 15) is 17.2 Å². The molecule has 0 saturated heterocycles. The van der Waals surface area contributed by atoms with Crippen LogP contribution in [0, 0.1) is 17.6 Å². The van der Waals surface area contributed by atoms with Gasteiger partial charge in [-0.1, -0.05) is 26.7 Å². The smallest absolute Gasteiger partial charge is 0.243 e. The summed E-state index contributed by atoms with van der Waals surface area (Å²) in [6.45, 7) is 4.38. The first-order valence-corrected chi connectivity index (χ1v) is 7.96. The molecule has 3 N–H and O–H groups in total. The number of unbranched alkanes of at least 4 members (excludes halogenated alkanes) is 1. The number of benzene rings is 1. The monoisotopic (exact) mass is 306 g/mol. The fourth-order valence-corrected chi connectivity index (χ4v) is 2.88. The van der Waals surface area contributed by atoms with Crippen molar-refractivity contribution in [3.63, 3.8) is 0 Å². The molecule has 0 bridgehead atoms. The van der Waals surface area contributed by atoms with Crippen molar-refractivity contribution >= 4 is 15.7 Å². The number of nitrogens with one attached hydrogen (secondary N) is 1. The molecule has 0 aromatic heterocycles. The Balaban J connectivity index is 2.68. The molecule has 0 unspecified atom stereocenters. The van der Waals surface area contributed by atoms with Crippen LogP contribution in [0.4, 0.5) is 14.5 Å². The molecule has 0 fully saturated rings. The van der Waals surface area contributed by atoms with Crippen LogP contribution in [-0.2, 0) is 10.0 Å². The van der Waals surface area contributed by atoms with Gasteiger partial charge in [-0.15, -0.1) is 0 Å². The number of sulfonamides is 1. The predicted octanol–water partition coefficient (Wildman–Crippen LogP) is 2.65. The average molecular weight is 306 g/mol. The molecule has 0 aliphatic heterocycles. The third-order valence-electron chi connectivity index (χ3n) is 2.84. The van der Waals surface area contributed by atoms with E-state index in [4.69, 9.17) is 5.73 Å². The fourth-order valence-electron chi connectivity index (χ4n) is 1.71. The van der Waals surface area contributed by atoms with Gasteiger partial charge in [-0.3, -0.25) is 0 Å². The Morgan fingerprint density at radius 3 is 2.45 bits per heavy atom. The largest absolute Gasteiger partial charge is 0.396 e. The molecule has 0 saturated carbocycles. The van der Waals surface area contributed by atoms with Crippen molar-refractivity contribution in [1.82, 2.24) is 4.72 Å². The zero-order valence-electron chi connectivity index (χ0n) is 11.6. The second-order valence-electron chi connectivity index (χ2n) is 5.09. The summed E-state index contributed by atoms with van der Waals surface area (Å²) in [5.41, 5.74) is 4.87. The standard InChI is InChI=1S/C13H20F2N2O2S/c1-9(2)5-3-4-6-17-20(18,19)13-8-12(16)10(14)7-11(13)15/h7-9,17H,3-6,16H2,1-2H3. The van der Waals surface area contributed by atoms with Gasteiger partial charge in [0.1, 0.15) is 16.5 Å². The SMILES string of the molecule is CC(C)CCCCNS(=O)(=O)c1cc(N)c(F)cc1F. The Kier molecular flexibility index (Phi) is 5.88. The highest BCUT2D eigenvalue weighted by atomic mass is 32.2. The molecule has 7 heteroatoms. The second-order valence-corrected chi connectivity index (χ2v) is 6.83. The molecule has 1 aromatic carbocycles. The van der Waals surface area contributed by atoms with Gasteiger partial charge in [0, 0.05) is 12.6 Å². The predicted molar refractivity (Wildman–Crippen MR) is 74.6 cm³/mol. The minimum Gasteiger partial charge on any atom is -0.396 e. The Hall–Kier alpha value is -1.21. The highest BCUT2D eigenvalue weighted by molar-refractivity contribution is 7.89. The number of halogens is 2. The molecule has 114 valence electrons. The molecule has 1 rings (SSSR count). The highest BCUT2D eigenvalue weighted by Crippen LogP contribution is 2.20. The summed E-state index contributed by atoms with van der Waals surface area (Å²) in [6.07, 6.45) is 2.55. The normalized spacial score (nSPS) is 12.1. The van der Waals surface area contributed by atoms with Crippen LogP contribution >= 0.6 is 0 Å². The Morgan fingerprint density at radius 1 is 1.20 bits per heavy atom. The van der Waals surface area contributed by atoms with E-state index < -0.39 is 32.2 Å². The Morgan fingerprint density at radius 2 is 1.85 bits per heavy atom. The third-order valence-corrected chi connectivity index (χ3v) is 4.32. The summed E-state index contributed by atoms with van der Waals surface area (Å²) in [5.74, 6) is -1.56. The third kappa shape index (κ3) is 4.72. The number of nitrogens with two attached hydrogens (primary N) is 1. The van der Waals surface area contributed by atoms with Gasteiger partial charge in [0.2, 0.25) is 10.0 Å². The minimum atomic E-state index is -4.00. The topological polar surface area (TPSA) is 72.2 Å². The van der Waals surface area contributed by atoms with Gasteiger partial charge in [-0.2, -0.15) is 0 Å². The zero-order chi connectivity index (χ0) is 15.3. The maximum atomic E-state index is 13.5.